The van der Waals surface area contributed by atoms with Crippen LogP contribution in [-0.2, 0) is 11.0 Å². The molecule has 2 aromatic rings. The molecule has 0 aromatic heterocycles. The molecular weight excluding hydrogens is 427 g/mol. The maximum atomic E-state index is 15.7. The third-order valence-corrected chi connectivity index (χ3v) is 10.6. The van der Waals surface area contributed by atoms with Crippen LogP contribution in [0.1, 0.15) is 45.1 Å². The van der Waals surface area contributed by atoms with Crippen molar-refractivity contribution in [3.8, 4) is 0 Å². The summed E-state index contributed by atoms with van der Waals surface area (Å²) in [6, 6.07) is 18.8. The molecule has 6 heteroatoms. The van der Waals surface area contributed by atoms with Gasteiger partial charge in [0.2, 0.25) is 0 Å². The molecule has 0 amide bonds. The molecule has 2 aromatic carbocycles. The van der Waals surface area contributed by atoms with Crippen molar-refractivity contribution in [3.63, 3.8) is 0 Å². The summed E-state index contributed by atoms with van der Waals surface area (Å²) in [6.07, 6.45) is 7.85. The van der Waals surface area contributed by atoms with Gasteiger partial charge in [0.05, 0.1) is 24.5 Å². The van der Waals surface area contributed by atoms with Gasteiger partial charge >= 0.3 is 7.44 Å². The molecule has 1 atom stereocenters. The van der Waals surface area contributed by atoms with Crippen LogP contribution in [0, 0.1) is 5.41 Å². The van der Waals surface area contributed by atoms with Crippen LogP contribution in [0.15, 0.2) is 77.4 Å². The average Bonchev–Trinajstić information content (AvgIpc) is 3.45. The Kier molecular flexibility index (Phi) is 4.97. The van der Waals surface area contributed by atoms with E-state index in [1.54, 1.807) is 0 Å². The predicted octanol–water partition coefficient (Wildman–Crippen LogP) is 4.86. The largest absolute Gasteiger partial charge is 0.318 e. The van der Waals surface area contributed by atoms with E-state index in [-0.39, 0.29) is 5.41 Å². The quantitative estimate of drug-likeness (QED) is 0.641. The van der Waals surface area contributed by atoms with Crippen LogP contribution in [0.2, 0.25) is 0 Å². The van der Waals surface area contributed by atoms with Gasteiger partial charge < -0.3 is 9.57 Å². The van der Waals surface area contributed by atoms with Crippen LogP contribution in [0.25, 0.3) is 0 Å². The van der Waals surface area contributed by atoms with Crippen LogP contribution in [0.3, 0.4) is 0 Å². The van der Waals surface area contributed by atoms with Gasteiger partial charge in [-0.3, -0.25) is 9.99 Å². The second-order valence-electron chi connectivity index (χ2n) is 10.5. The molecule has 6 rings (SSSR count). The molecule has 4 aliphatic rings. The molecule has 0 saturated carbocycles. The Bertz CT molecular complexity index is 1180. The second-order valence-corrected chi connectivity index (χ2v) is 12.9. The first-order chi connectivity index (χ1) is 16.0. The van der Waals surface area contributed by atoms with Gasteiger partial charge in [-0.2, -0.15) is 0 Å². The number of hydrogen-bond donors (Lipinski definition) is 2. The fourth-order valence-corrected chi connectivity index (χ4v) is 9.39. The molecule has 0 unspecified atom stereocenters. The average molecular weight is 462 g/mol. The molecule has 1 aliphatic carbocycles. The number of para-hydroxylation sites is 2. The Labute approximate surface area is 197 Å². The molecule has 2 fully saturated rings. The number of anilines is 2. The summed E-state index contributed by atoms with van der Waals surface area (Å²) in [5.41, 5.74) is 9.50. The van der Waals surface area contributed by atoms with Crippen LogP contribution >= 0.6 is 7.44 Å². The van der Waals surface area contributed by atoms with E-state index in [1.165, 1.54) is 29.0 Å². The first-order valence-electron chi connectivity index (χ1n) is 12.4. The molecule has 5 nitrogen and oxygen atoms in total. The highest BCUT2D eigenvalue weighted by molar-refractivity contribution is 7.72. The zero-order valence-electron chi connectivity index (χ0n) is 19.7. The molecule has 33 heavy (non-hydrogen) atoms. The summed E-state index contributed by atoms with van der Waals surface area (Å²) in [7, 11) is -3.16. The van der Waals surface area contributed by atoms with Crippen molar-refractivity contribution in [3.05, 3.63) is 82.9 Å². The predicted molar refractivity (Wildman–Crippen MR) is 135 cm³/mol. The SMILES string of the molecule is CC1(C)C=C2NN(c3ccccc3)[P@@](=O)(N3CCCc4ccccc43)C2=C([NH+]2CCCC2)C1. The minimum Gasteiger partial charge on any atom is -0.305 e. The van der Waals surface area contributed by atoms with E-state index in [0.29, 0.717) is 0 Å². The standard InChI is InChI=1S/C27H33N4OP/c1-27(2)19-23-26(25(20-27)29-16-8-9-17-29)33(32,31(28-23)22-13-4-3-5-14-22)30-18-10-12-21-11-6-7-15-24(21)30/h3-7,11,13-15,19,28H,8-10,12,16-18,20H2,1-2H3/p+1/t33-/m0/s1. The number of hydrazine groups is 1. The van der Waals surface area contributed by atoms with Crippen molar-refractivity contribution in [2.45, 2.75) is 46.0 Å². The van der Waals surface area contributed by atoms with Crippen molar-refractivity contribution in [2.75, 3.05) is 29.1 Å². The van der Waals surface area contributed by atoms with E-state index in [2.05, 4.69) is 66.4 Å². The van der Waals surface area contributed by atoms with Gasteiger partial charge in [-0.15, -0.1) is 0 Å². The third-order valence-electron chi connectivity index (χ3n) is 7.54. The number of likely N-dealkylation sites (tertiary alicyclic amines) is 1. The number of nitrogens with zero attached hydrogens (tertiary/aromatic N) is 2. The van der Waals surface area contributed by atoms with Crippen molar-refractivity contribution in [1.29, 1.82) is 0 Å². The Morgan fingerprint density at radius 1 is 0.970 bits per heavy atom. The molecule has 0 bridgehead atoms. The van der Waals surface area contributed by atoms with E-state index >= 15 is 4.57 Å². The van der Waals surface area contributed by atoms with Gasteiger partial charge in [0.15, 0.2) is 0 Å². The van der Waals surface area contributed by atoms with Gasteiger partial charge in [-0.25, -0.2) is 4.78 Å². The molecule has 0 radical (unpaired) electrons. The highest BCUT2D eigenvalue weighted by Gasteiger charge is 2.55. The smallest absolute Gasteiger partial charge is 0.305 e. The lowest BCUT2D eigenvalue weighted by Gasteiger charge is -2.40. The first kappa shape index (κ1) is 21.1. The summed E-state index contributed by atoms with van der Waals surface area (Å²) < 4.78 is 19.9. The van der Waals surface area contributed by atoms with E-state index in [4.69, 9.17) is 0 Å². The van der Waals surface area contributed by atoms with Crippen LogP contribution in [-0.4, -0.2) is 19.6 Å². The summed E-state index contributed by atoms with van der Waals surface area (Å²) in [5.74, 6) is 0. The molecule has 3 heterocycles. The number of quaternary nitrogens is 1. The number of benzene rings is 2. The molecule has 3 aliphatic heterocycles. The van der Waals surface area contributed by atoms with Crippen LogP contribution in [0.5, 0.6) is 0 Å². The molecule has 0 spiro atoms. The molecule has 172 valence electrons. The van der Waals surface area contributed by atoms with E-state index in [9.17, 15) is 0 Å². The highest BCUT2D eigenvalue weighted by atomic mass is 31.2. The normalized spacial score (nSPS) is 26.7. The number of fused-ring (bicyclic) bond motifs is 2. The minimum atomic E-state index is -3.16. The number of allylic oxidation sites excluding steroid dienone is 3. The monoisotopic (exact) mass is 461 g/mol. The number of aryl methyl sites for hydroxylation is 1. The van der Waals surface area contributed by atoms with Crippen molar-refractivity contribution >= 4 is 18.8 Å². The fourth-order valence-electron chi connectivity index (χ4n) is 6.12. The summed E-state index contributed by atoms with van der Waals surface area (Å²) >= 11 is 0. The maximum absolute atomic E-state index is 15.7. The second kappa shape index (κ2) is 7.78. The van der Waals surface area contributed by atoms with E-state index in [1.807, 2.05) is 23.0 Å². The Morgan fingerprint density at radius 2 is 1.70 bits per heavy atom. The number of rotatable bonds is 3. The van der Waals surface area contributed by atoms with Gasteiger partial charge in [0, 0.05) is 31.5 Å². The van der Waals surface area contributed by atoms with Gasteiger partial charge in [0.1, 0.15) is 11.0 Å². The summed E-state index contributed by atoms with van der Waals surface area (Å²) in [6.45, 7) is 7.71. The molecule has 2 saturated heterocycles. The lowest BCUT2D eigenvalue weighted by molar-refractivity contribution is -0.849. The molecular formula is C27H34N4OP+. The summed E-state index contributed by atoms with van der Waals surface area (Å²) in [5, 5.41) is 1.07. The van der Waals surface area contributed by atoms with Gasteiger partial charge in [-0.1, -0.05) is 56.3 Å². The lowest BCUT2D eigenvalue weighted by atomic mass is 9.83. The van der Waals surface area contributed by atoms with E-state index < -0.39 is 7.44 Å². The lowest BCUT2D eigenvalue weighted by Crippen LogP contribution is -3.08. The van der Waals surface area contributed by atoms with E-state index in [0.717, 1.165) is 61.3 Å². The third kappa shape index (κ3) is 3.36. The summed E-state index contributed by atoms with van der Waals surface area (Å²) in [4.78, 5) is 1.53. The van der Waals surface area contributed by atoms with Crippen molar-refractivity contribution in [1.82, 2.24) is 5.43 Å². The van der Waals surface area contributed by atoms with Crippen molar-refractivity contribution in [2.24, 2.45) is 5.41 Å². The number of nitrogens with one attached hydrogen (secondary N) is 2. The first-order valence-corrected chi connectivity index (χ1v) is 14.0. The topological polar surface area (TPSA) is 40.0 Å². The Hall–Kier alpha value is -2.49. The highest BCUT2D eigenvalue weighted by Crippen LogP contribution is 2.70. The molecule has 2 N–H and O–H groups in total. The zero-order chi connectivity index (χ0) is 22.6. The zero-order valence-corrected chi connectivity index (χ0v) is 20.6. The van der Waals surface area contributed by atoms with Gasteiger partial charge in [0.25, 0.3) is 0 Å². The fraction of sp³-hybridized carbons (Fsp3) is 0.407. The van der Waals surface area contributed by atoms with Crippen molar-refractivity contribution < 1.29 is 9.46 Å². The maximum Gasteiger partial charge on any atom is 0.318 e. The van der Waals surface area contributed by atoms with Gasteiger partial charge in [-0.05, 0) is 42.0 Å². The Morgan fingerprint density at radius 3 is 2.48 bits per heavy atom. The van der Waals surface area contributed by atoms with Crippen LogP contribution in [0.4, 0.5) is 11.4 Å². The number of hydrogen-bond acceptors (Lipinski definition) is 2. The Balaban J connectivity index is 1.60. The minimum absolute atomic E-state index is 0.0358. The van der Waals surface area contributed by atoms with Crippen LogP contribution < -0.4 is 19.8 Å².